The van der Waals surface area contributed by atoms with Crippen molar-refractivity contribution in [2.75, 3.05) is 0 Å². The van der Waals surface area contributed by atoms with Gasteiger partial charge in [0.2, 0.25) is 0 Å². The zero-order valence-electron chi connectivity index (χ0n) is 14.7. The molecule has 26 heavy (non-hydrogen) atoms. The van der Waals surface area contributed by atoms with E-state index >= 15 is 0 Å². The summed E-state index contributed by atoms with van der Waals surface area (Å²) in [6, 6.07) is 12.7. The largest absolute Gasteiger partial charge is 0.456 e. The predicted molar refractivity (Wildman–Crippen MR) is 98.4 cm³/mol. The molecule has 4 rings (SSSR count). The Hall–Kier alpha value is -2.95. The Bertz CT molecular complexity index is 1050. The van der Waals surface area contributed by atoms with Crippen molar-refractivity contribution in [1.29, 1.82) is 0 Å². The number of aryl methyl sites for hydroxylation is 3. The van der Waals surface area contributed by atoms with Gasteiger partial charge in [-0.1, -0.05) is 12.1 Å². The summed E-state index contributed by atoms with van der Waals surface area (Å²) in [5, 5.41) is 0. The summed E-state index contributed by atoms with van der Waals surface area (Å²) in [6.07, 6.45) is 4.46. The fourth-order valence-corrected chi connectivity index (χ4v) is 3.52. The third kappa shape index (κ3) is 3.12. The molecule has 0 radical (unpaired) electrons. The van der Waals surface area contributed by atoms with E-state index in [2.05, 4.69) is 4.98 Å². The lowest BCUT2D eigenvalue weighted by Crippen LogP contribution is -2.18. The zero-order chi connectivity index (χ0) is 18.1. The number of nitrogens with zero attached hydrogens (tertiary/aromatic N) is 2. The van der Waals surface area contributed by atoms with Crippen LogP contribution in [0.25, 0.3) is 5.65 Å². The highest BCUT2D eigenvalue weighted by Crippen LogP contribution is 2.22. The molecule has 3 aromatic rings. The highest BCUT2D eigenvalue weighted by Gasteiger charge is 2.14. The molecule has 1 aliphatic rings. The Labute approximate surface area is 151 Å². The molecule has 0 saturated heterocycles. The van der Waals surface area contributed by atoms with Crippen molar-refractivity contribution >= 4 is 11.6 Å². The van der Waals surface area contributed by atoms with E-state index in [1.807, 2.05) is 37.3 Å². The average Bonchev–Trinajstić information content (AvgIpc) is 2.65. The number of carbonyl (C=O) groups is 1. The van der Waals surface area contributed by atoms with Crippen LogP contribution in [0.4, 0.5) is 0 Å². The molecule has 2 aromatic heterocycles. The number of ether oxygens (including phenoxy) is 1. The lowest BCUT2D eigenvalue weighted by atomic mass is 9.90. The minimum absolute atomic E-state index is 0.0183. The number of aromatic nitrogens is 2. The molecule has 0 aliphatic heterocycles. The maximum atomic E-state index is 12.4. The summed E-state index contributed by atoms with van der Waals surface area (Å²) in [5.74, 6) is -0.385. The van der Waals surface area contributed by atoms with E-state index in [1.54, 1.807) is 6.07 Å². The van der Waals surface area contributed by atoms with Gasteiger partial charge in [0.05, 0.1) is 11.3 Å². The van der Waals surface area contributed by atoms with Crippen LogP contribution in [0.2, 0.25) is 0 Å². The minimum atomic E-state index is -0.385. The Morgan fingerprint density at radius 2 is 1.92 bits per heavy atom. The topological polar surface area (TPSA) is 60.7 Å². The third-order valence-corrected chi connectivity index (χ3v) is 4.87. The molecule has 0 fully saturated rings. The molecule has 0 saturated carbocycles. The summed E-state index contributed by atoms with van der Waals surface area (Å²) in [5.41, 5.74) is 4.77. The smallest absolute Gasteiger partial charge is 0.338 e. The van der Waals surface area contributed by atoms with Gasteiger partial charge in [-0.05, 0) is 68.0 Å². The summed E-state index contributed by atoms with van der Waals surface area (Å²) in [4.78, 5) is 29.1. The van der Waals surface area contributed by atoms with Crippen LogP contribution in [0.15, 0.2) is 47.3 Å². The standard InChI is InChI=1S/C21H20N2O3/c1-14-5-4-8-19-22-18(12-20(24)23(14)19)13-26-21(25)17-10-9-15-6-2-3-7-16(15)11-17/h4-5,8-12H,2-3,6-7,13H2,1H3. The van der Waals surface area contributed by atoms with Crippen LogP contribution in [0.3, 0.4) is 0 Å². The summed E-state index contributed by atoms with van der Waals surface area (Å²) in [7, 11) is 0. The van der Waals surface area contributed by atoms with Crippen molar-refractivity contribution < 1.29 is 9.53 Å². The third-order valence-electron chi connectivity index (χ3n) is 4.87. The van der Waals surface area contributed by atoms with Crippen LogP contribution in [0.1, 0.15) is 45.7 Å². The molecule has 1 aliphatic carbocycles. The Morgan fingerprint density at radius 3 is 2.77 bits per heavy atom. The number of rotatable bonds is 3. The monoisotopic (exact) mass is 348 g/mol. The maximum Gasteiger partial charge on any atom is 0.338 e. The normalized spacial score (nSPS) is 13.4. The summed E-state index contributed by atoms with van der Waals surface area (Å²) in [6.45, 7) is 1.83. The quantitative estimate of drug-likeness (QED) is 0.682. The fraction of sp³-hybridized carbons (Fsp3) is 0.286. The van der Waals surface area contributed by atoms with Gasteiger partial charge in [0.15, 0.2) is 0 Å². The first-order chi connectivity index (χ1) is 12.6. The highest BCUT2D eigenvalue weighted by atomic mass is 16.5. The summed E-state index contributed by atoms with van der Waals surface area (Å²) < 4.78 is 6.93. The lowest BCUT2D eigenvalue weighted by molar-refractivity contribution is 0.0467. The Balaban J connectivity index is 1.53. The first-order valence-corrected chi connectivity index (χ1v) is 8.89. The number of hydrogen-bond donors (Lipinski definition) is 0. The lowest BCUT2D eigenvalue weighted by Gasteiger charge is -2.16. The minimum Gasteiger partial charge on any atom is -0.456 e. The predicted octanol–water partition coefficient (Wildman–Crippen LogP) is 3.24. The van der Waals surface area contributed by atoms with Crippen LogP contribution in [-0.2, 0) is 24.2 Å². The van der Waals surface area contributed by atoms with Crippen molar-refractivity contribution in [3.63, 3.8) is 0 Å². The van der Waals surface area contributed by atoms with Gasteiger partial charge in [-0.3, -0.25) is 9.20 Å². The molecule has 0 bridgehead atoms. The van der Waals surface area contributed by atoms with E-state index in [0.717, 1.165) is 25.0 Å². The number of benzene rings is 1. The van der Waals surface area contributed by atoms with E-state index in [0.29, 0.717) is 16.9 Å². The van der Waals surface area contributed by atoms with Crippen molar-refractivity contribution in [2.45, 2.75) is 39.2 Å². The molecule has 2 heterocycles. The van der Waals surface area contributed by atoms with Crippen LogP contribution < -0.4 is 5.56 Å². The molecule has 0 amide bonds. The molecular weight excluding hydrogens is 328 g/mol. The zero-order valence-corrected chi connectivity index (χ0v) is 14.7. The molecule has 5 heteroatoms. The van der Waals surface area contributed by atoms with Gasteiger partial charge in [-0.25, -0.2) is 9.78 Å². The van der Waals surface area contributed by atoms with E-state index in [4.69, 9.17) is 4.74 Å². The molecule has 0 atom stereocenters. The van der Waals surface area contributed by atoms with E-state index in [-0.39, 0.29) is 18.1 Å². The van der Waals surface area contributed by atoms with Crippen LogP contribution in [0.5, 0.6) is 0 Å². The Kier molecular flexibility index (Phi) is 4.29. The number of fused-ring (bicyclic) bond motifs is 2. The van der Waals surface area contributed by atoms with Crippen molar-refractivity contribution in [3.8, 4) is 0 Å². The fourth-order valence-electron chi connectivity index (χ4n) is 3.52. The van der Waals surface area contributed by atoms with Crippen LogP contribution >= 0.6 is 0 Å². The van der Waals surface area contributed by atoms with Crippen LogP contribution in [-0.4, -0.2) is 15.4 Å². The van der Waals surface area contributed by atoms with Crippen molar-refractivity contribution in [1.82, 2.24) is 9.38 Å². The highest BCUT2D eigenvalue weighted by molar-refractivity contribution is 5.89. The molecule has 132 valence electrons. The van der Waals surface area contributed by atoms with Crippen LogP contribution in [0, 0.1) is 6.92 Å². The molecule has 0 unspecified atom stereocenters. The molecular formula is C21H20N2O3. The molecule has 0 spiro atoms. The van der Waals surface area contributed by atoms with E-state index in [1.165, 1.54) is 28.0 Å². The molecule has 0 N–H and O–H groups in total. The van der Waals surface area contributed by atoms with E-state index in [9.17, 15) is 9.59 Å². The van der Waals surface area contributed by atoms with Gasteiger partial charge in [0.25, 0.3) is 5.56 Å². The Morgan fingerprint density at radius 1 is 1.12 bits per heavy atom. The molecule has 1 aromatic carbocycles. The number of pyridine rings is 1. The first-order valence-electron chi connectivity index (χ1n) is 8.89. The number of carbonyl (C=O) groups excluding carboxylic acids is 1. The van der Waals surface area contributed by atoms with E-state index < -0.39 is 0 Å². The van der Waals surface area contributed by atoms with Gasteiger partial charge >= 0.3 is 5.97 Å². The van der Waals surface area contributed by atoms with Gasteiger partial charge in [0, 0.05) is 11.8 Å². The second kappa shape index (κ2) is 6.75. The van der Waals surface area contributed by atoms with Gasteiger partial charge < -0.3 is 4.74 Å². The average molecular weight is 348 g/mol. The SMILES string of the molecule is Cc1cccc2nc(COC(=O)c3ccc4c(c3)CCCC4)cc(=O)n12. The van der Waals surface area contributed by atoms with Gasteiger partial charge in [-0.2, -0.15) is 0 Å². The number of esters is 1. The summed E-state index contributed by atoms with van der Waals surface area (Å²) >= 11 is 0. The van der Waals surface area contributed by atoms with Gasteiger partial charge in [0.1, 0.15) is 12.3 Å². The van der Waals surface area contributed by atoms with Crippen molar-refractivity contribution in [3.05, 3.63) is 80.9 Å². The molecule has 5 nitrogen and oxygen atoms in total. The second-order valence-electron chi connectivity index (χ2n) is 6.71. The van der Waals surface area contributed by atoms with Gasteiger partial charge in [-0.15, -0.1) is 0 Å². The number of hydrogen-bond acceptors (Lipinski definition) is 4. The first kappa shape index (κ1) is 16.5. The maximum absolute atomic E-state index is 12.4. The second-order valence-corrected chi connectivity index (χ2v) is 6.71. The van der Waals surface area contributed by atoms with Crippen molar-refractivity contribution in [2.24, 2.45) is 0 Å².